The van der Waals surface area contributed by atoms with Crippen LogP contribution < -0.4 is 5.43 Å². The summed E-state index contributed by atoms with van der Waals surface area (Å²) in [4.78, 5) is 12.1. The zero-order valence-corrected chi connectivity index (χ0v) is 14.9. The monoisotopic (exact) mass is 378 g/mol. The first-order valence-electron chi connectivity index (χ1n) is 8.03. The molecule has 146 valence electrons. The summed E-state index contributed by atoms with van der Waals surface area (Å²) in [5.41, 5.74) is -0.343. The third kappa shape index (κ3) is 5.37. The van der Waals surface area contributed by atoms with Gasteiger partial charge in [0, 0.05) is 24.8 Å². The van der Waals surface area contributed by atoms with Gasteiger partial charge in [0.05, 0.1) is 5.39 Å². The molecule has 0 aliphatic carbocycles. The van der Waals surface area contributed by atoms with Crippen molar-refractivity contribution in [2.45, 2.75) is 13.8 Å². The number of hydrogen-bond donors (Lipinski definition) is 6. The Balaban J connectivity index is 0.000000540. The molecule has 0 atom stereocenters. The summed E-state index contributed by atoms with van der Waals surface area (Å²) in [6.07, 6.45) is 0. The van der Waals surface area contributed by atoms with E-state index in [1.165, 1.54) is 30.3 Å². The van der Waals surface area contributed by atoms with E-state index >= 15 is 0 Å². The first-order chi connectivity index (χ1) is 12.8. The molecule has 27 heavy (non-hydrogen) atoms. The van der Waals surface area contributed by atoms with Crippen molar-refractivity contribution in [1.82, 2.24) is 0 Å². The van der Waals surface area contributed by atoms with Gasteiger partial charge in [0.1, 0.15) is 11.3 Å². The molecule has 0 saturated carbocycles. The molecule has 1 heterocycles. The van der Waals surface area contributed by atoms with E-state index < -0.39 is 16.9 Å². The minimum atomic E-state index is -0.654. The lowest BCUT2D eigenvalue weighted by molar-refractivity contribution is 0.318. The SMILES string of the molecule is CCO.CCO.O=c1c(O)c(-c2ccc(O)c(O)c2)oc2cc(O)ccc12. The number of aromatic hydroxyl groups is 4. The molecule has 2 aromatic carbocycles. The molecule has 1 aromatic heterocycles. The molecule has 0 radical (unpaired) electrons. The van der Waals surface area contributed by atoms with Gasteiger partial charge in [-0.25, -0.2) is 0 Å². The minimum Gasteiger partial charge on any atom is -0.508 e. The molecule has 0 aliphatic rings. The van der Waals surface area contributed by atoms with Gasteiger partial charge in [-0.1, -0.05) is 0 Å². The number of fused-ring (bicyclic) bond motifs is 1. The number of phenolic OH excluding ortho intramolecular Hbond substituents is 3. The lowest BCUT2D eigenvalue weighted by atomic mass is 10.1. The van der Waals surface area contributed by atoms with E-state index in [-0.39, 0.29) is 47.0 Å². The third-order valence-electron chi connectivity index (χ3n) is 3.09. The van der Waals surface area contributed by atoms with E-state index in [4.69, 9.17) is 14.6 Å². The van der Waals surface area contributed by atoms with Crippen LogP contribution in [0.2, 0.25) is 0 Å². The normalized spacial score (nSPS) is 9.78. The van der Waals surface area contributed by atoms with Crippen LogP contribution in [0.3, 0.4) is 0 Å². The zero-order chi connectivity index (χ0) is 20.6. The molecule has 3 rings (SSSR count). The molecule has 0 saturated heterocycles. The summed E-state index contributed by atoms with van der Waals surface area (Å²) < 4.78 is 5.43. The van der Waals surface area contributed by atoms with Gasteiger partial charge in [0.2, 0.25) is 11.2 Å². The smallest absolute Gasteiger partial charge is 0.235 e. The molecular weight excluding hydrogens is 356 g/mol. The zero-order valence-electron chi connectivity index (χ0n) is 14.9. The predicted octanol–water partition coefficient (Wildman–Crippen LogP) is 2.28. The fourth-order valence-electron chi connectivity index (χ4n) is 2.03. The number of benzene rings is 2. The predicted molar refractivity (Wildman–Crippen MR) is 100 cm³/mol. The van der Waals surface area contributed by atoms with E-state index in [1.54, 1.807) is 13.8 Å². The van der Waals surface area contributed by atoms with Crippen LogP contribution in [0.4, 0.5) is 0 Å². The van der Waals surface area contributed by atoms with Gasteiger partial charge in [-0.05, 0) is 44.2 Å². The lowest BCUT2D eigenvalue weighted by Gasteiger charge is -2.07. The van der Waals surface area contributed by atoms with Crippen LogP contribution in [0.1, 0.15) is 13.8 Å². The van der Waals surface area contributed by atoms with Gasteiger partial charge < -0.3 is 35.1 Å². The summed E-state index contributed by atoms with van der Waals surface area (Å²) in [5.74, 6) is -1.60. The number of hydrogen-bond acceptors (Lipinski definition) is 8. The maximum Gasteiger partial charge on any atom is 0.235 e. The number of aliphatic hydroxyl groups excluding tert-OH is 2. The highest BCUT2D eigenvalue weighted by Crippen LogP contribution is 2.35. The average molecular weight is 378 g/mol. The molecular formula is C19H22O8. The maximum absolute atomic E-state index is 12.1. The van der Waals surface area contributed by atoms with E-state index in [0.717, 1.165) is 6.07 Å². The largest absolute Gasteiger partial charge is 0.508 e. The minimum absolute atomic E-state index is 0.0872. The van der Waals surface area contributed by atoms with E-state index in [1.807, 2.05) is 0 Å². The lowest BCUT2D eigenvalue weighted by Crippen LogP contribution is -2.02. The molecule has 0 amide bonds. The standard InChI is InChI=1S/C15H10O6.2C2H6O/c16-8-2-3-9-12(6-8)21-15(14(20)13(9)19)7-1-4-10(17)11(18)5-7;2*1-2-3/h1-6,16-18,20H;2*3H,2H2,1H3. The Kier molecular flexibility index (Phi) is 8.12. The van der Waals surface area contributed by atoms with Gasteiger partial charge in [-0.15, -0.1) is 0 Å². The van der Waals surface area contributed by atoms with Gasteiger partial charge in [0.25, 0.3) is 0 Å². The molecule has 3 aromatic rings. The Labute approximate surface area is 154 Å². The fourth-order valence-corrected chi connectivity index (χ4v) is 2.03. The average Bonchev–Trinajstić information content (AvgIpc) is 2.62. The molecule has 0 aliphatic heterocycles. The third-order valence-corrected chi connectivity index (χ3v) is 3.09. The number of phenols is 3. The molecule has 0 unspecified atom stereocenters. The highest BCUT2D eigenvalue weighted by atomic mass is 16.4. The van der Waals surface area contributed by atoms with Crippen molar-refractivity contribution in [3.05, 3.63) is 46.6 Å². The summed E-state index contributed by atoms with van der Waals surface area (Å²) in [6.45, 7) is 3.86. The quantitative estimate of drug-likeness (QED) is 0.353. The van der Waals surface area contributed by atoms with Crippen molar-refractivity contribution >= 4 is 11.0 Å². The van der Waals surface area contributed by atoms with Gasteiger partial charge in [-0.3, -0.25) is 4.79 Å². The molecule has 0 bridgehead atoms. The van der Waals surface area contributed by atoms with Gasteiger partial charge in [0.15, 0.2) is 17.3 Å². The van der Waals surface area contributed by atoms with Crippen LogP contribution in [0.15, 0.2) is 45.6 Å². The molecule has 8 heteroatoms. The second-order valence-electron chi connectivity index (χ2n) is 5.13. The maximum atomic E-state index is 12.1. The van der Waals surface area contributed by atoms with Crippen LogP contribution in [-0.2, 0) is 0 Å². The van der Waals surface area contributed by atoms with E-state index in [9.17, 15) is 25.2 Å². The van der Waals surface area contributed by atoms with Crippen LogP contribution >= 0.6 is 0 Å². The van der Waals surface area contributed by atoms with Crippen molar-refractivity contribution in [2.75, 3.05) is 13.2 Å². The van der Waals surface area contributed by atoms with Crippen LogP contribution in [0, 0.1) is 0 Å². The number of aliphatic hydroxyl groups is 2. The fraction of sp³-hybridized carbons (Fsp3) is 0.211. The number of rotatable bonds is 1. The highest BCUT2D eigenvalue weighted by Gasteiger charge is 2.16. The van der Waals surface area contributed by atoms with Gasteiger partial charge in [-0.2, -0.15) is 0 Å². The van der Waals surface area contributed by atoms with Gasteiger partial charge >= 0.3 is 0 Å². The Bertz CT molecular complexity index is 944. The second kappa shape index (κ2) is 10.0. The second-order valence-corrected chi connectivity index (χ2v) is 5.13. The first-order valence-corrected chi connectivity index (χ1v) is 8.03. The summed E-state index contributed by atoms with van der Waals surface area (Å²) in [7, 11) is 0. The van der Waals surface area contributed by atoms with Crippen molar-refractivity contribution in [1.29, 1.82) is 0 Å². The molecule has 8 nitrogen and oxygen atoms in total. The summed E-state index contributed by atoms with van der Waals surface area (Å²) in [6, 6.07) is 7.64. The Morgan fingerprint density at radius 3 is 2.00 bits per heavy atom. The summed E-state index contributed by atoms with van der Waals surface area (Å²) in [5, 5.41) is 53.4. The highest BCUT2D eigenvalue weighted by molar-refractivity contribution is 5.83. The van der Waals surface area contributed by atoms with E-state index in [2.05, 4.69) is 0 Å². The Morgan fingerprint density at radius 1 is 0.852 bits per heavy atom. The van der Waals surface area contributed by atoms with Crippen LogP contribution in [0.5, 0.6) is 23.0 Å². The van der Waals surface area contributed by atoms with Crippen molar-refractivity contribution < 1.29 is 35.1 Å². The van der Waals surface area contributed by atoms with Crippen molar-refractivity contribution in [3.63, 3.8) is 0 Å². The Hall–Kier alpha value is -3.23. The van der Waals surface area contributed by atoms with Crippen LogP contribution in [-0.4, -0.2) is 43.9 Å². The topological polar surface area (TPSA) is 152 Å². The molecule has 6 N–H and O–H groups in total. The molecule has 0 fully saturated rings. The van der Waals surface area contributed by atoms with Crippen LogP contribution in [0.25, 0.3) is 22.3 Å². The first kappa shape index (κ1) is 21.8. The van der Waals surface area contributed by atoms with E-state index in [0.29, 0.717) is 0 Å². The van der Waals surface area contributed by atoms with Crippen molar-refractivity contribution in [2.24, 2.45) is 0 Å². The van der Waals surface area contributed by atoms with Crippen molar-refractivity contribution in [3.8, 4) is 34.3 Å². The Morgan fingerprint density at radius 2 is 1.44 bits per heavy atom. The summed E-state index contributed by atoms with van der Waals surface area (Å²) >= 11 is 0. The molecule has 0 spiro atoms.